The van der Waals surface area contributed by atoms with E-state index in [1.807, 2.05) is 73.7 Å². The average molecular weight is 570 g/mol. The number of aliphatic hydroxyl groups excluding tert-OH is 1. The summed E-state index contributed by atoms with van der Waals surface area (Å²) >= 11 is 1.68. The Bertz CT molecular complexity index is 1420. The van der Waals surface area contributed by atoms with E-state index >= 15 is 0 Å². The van der Waals surface area contributed by atoms with Gasteiger partial charge >= 0.3 is 6.03 Å². The molecule has 1 aliphatic rings. The fourth-order valence-corrected chi connectivity index (χ4v) is 5.65. The number of rotatable bonds is 10. The van der Waals surface area contributed by atoms with Crippen LogP contribution in [-0.2, 0) is 22.6 Å². The van der Waals surface area contributed by atoms with Gasteiger partial charge in [0.2, 0.25) is 0 Å². The van der Waals surface area contributed by atoms with Crippen molar-refractivity contribution in [1.29, 1.82) is 0 Å². The van der Waals surface area contributed by atoms with E-state index in [-0.39, 0.29) is 24.8 Å². The highest BCUT2D eigenvalue weighted by Crippen LogP contribution is 2.40. The standard InChI is InChI=1S/C33H35N3O4S/c1-2-34-33(38)36-20-24-7-5-8-26(17-24)27-9-6-10-28(18-27)32-39-29(22-41-31-11-3-4-16-35-31)19-30(40-32)25-14-12-23(21-37)13-15-25/h3-18,29-30,32,37H,2,19-22H2,1H3,(H2,34,36,38)/t29-,30+,32+/m0/s1. The number of urea groups is 1. The van der Waals surface area contributed by atoms with Crippen molar-refractivity contribution >= 4 is 17.8 Å². The summed E-state index contributed by atoms with van der Waals surface area (Å²) in [7, 11) is 0. The fourth-order valence-electron chi connectivity index (χ4n) is 4.76. The van der Waals surface area contributed by atoms with Crippen LogP contribution in [0.25, 0.3) is 11.1 Å². The molecule has 3 atom stereocenters. The topological polar surface area (TPSA) is 92.7 Å². The number of amides is 2. The van der Waals surface area contributed by atoms with Gasteiger partial charge < -0.3 is 25.2 Å². The van der Waals surface area contributed by atoms with Crippen LogP contribution in [0.4, 0.5) is 4.79 Å². The number of pyridine rings is 1. The molecule has 4 aromatic rings. The molecular weight excluding hydrogens is 534 g/mol. The largest absolute Gasteiger partial charge is 0.392 e. The van der Waals surface area contributed by atoms with Gasteiger partial charge in [0.15, 0.2) is 6.29 Å². The molecule has 0 saturated carbocycles. The second-order valence-corrected chi connectivity index (χ2v) is 10.9. The number of hydrogen-bond donors (Lipinski definition) is 3. The van der Waals surface area contributed by atoms with Gasteiger partial charge in [0, 0.05) is 37.0 Å². The van der Waals surface area contributed by atoms with E-state index in [0.29, 0.717) is 13.1 Å². The maximum Gasteiger partial charge on any atom is 0.315 e. The van der Waals surface area contributed by atoms with Gasteiger partial charge in [-0.3, -0.25) is 0 Å². The average Bonchev–Trinajstić information content (AvgIpc) is 3.03. The van der Waals surface area contributed by atoms with Crippen molar-refractivity contribution in [3.8, 4) is 11.1 Å². The number of carbonyl (C=O) groups excluding carboxylic acids is 1. The Kier molecular flexibility index (Phi) is 10.0. The van der Waals surface area contributed by atoms with Crippen LogP contribution in [0.2, 0.25) is 0 Å². The van der Waals surface area contributed by atoms with Crippen molar-refractivity contribution in [3.63, 3.8) is 0 Å². The van der Waals surface area contributed by atoms with E-state index in [2.05, 4.69) is 39.9 Å². The van der Waals surface area contributed by atoms with Gasteiger partial charge in [-0.05, 0) is 59.0 Å². The smallest absolute Gasteiger partial charge is 0.315 e. The van der Waals surface area contributed by atoms with Crippen LogP contribution in [0, 0.1) is 0 Å². The monoisotopic (exact) mass is 569 g/mol. The number of hydrogen-bond acceptors (Lipinski definition) is 6. The molecule has 8 heteroatoms. The highest BCUT2D eigenvalue weighted by atomic mass is 32.2. The van der Waals surface area contributed by atoms with Crippen LogP contribution < -0.4 is 10.6 Å². The number of thioether (sulfide) groups is 1. The van der Waals surface area contributed by atoms with Crippen LogP contribution in [0.15, 0.2) is 102 Å². The minimum absolute atomic E-state index is 0.0108. The first-order valence-electron chi connectivity index (χ1n) is 13.9. The van der Waals surface area contributed by atoms with Gasteiger partial charge in [0.05, 0.1) is 23.8 Å². The molecule has 5 rings (SSSR count). The molecule has 2 amide bonds. The first kappa shape index (κ1) is 28.8. The van der Waals surface area contributed by atoms with Crippen molar-refractivity contribution < 1.29 is 19.4 Å². The fraction of sp³-hybridized carbons (Fsp3) is 0.273. The maximum atomic E-state index is 11.8. The minimum Gasteiger partial charge on any atom is -0.392 e. The van der Waals surface area contributed by atoms with E-state index in [0.717, 1.165) is 50.6 Å². The summed E-state index contributed by atoms with van der Waals surface area (Å²) in [5.41, 5.74) is 5.99. The number of benzene rings is 3. The number of aliphatic hydroxyl groups is 1. The number of aromatic nitrogens is 1. The molecule has 0 spiro atoms. The van der Waals surface area contributed by atoms with Crippen LogP contribution in [-0.4, -0.2) is 34.5 Å². The van der Waals surface area contributed by atoms with E-state index in [4.69, 9.17) is 9.47 Å². The van der Waals surface area contributed by atoms with Crippen molar-refractivity contribution in [2.75, 3.05) is 12.3 Å². The molecule has 41 heavy (non-hydrogen) atoms. The van der Waals surface area contributed by atoms with Crippen molar-refractivity contribution in [2.24, 2.45) is 0 Å². The van der Waals surface area contributed by atoms with Crippen LogP contribution in [0.3, 0.4) is 0 Å². The van der Waals surface area contributed by atoms with Gasteiger partial charge in [-0.15, -0.1) is 11.8 Å². The molecule has 212 valence electrons. The van der Waals surface area contributed by atoms with Crippen LogP contribution in [0.5, 0.6) is 0 Å². The first-order chi connectivity index (χ1) is 20.1. The summed E-state index contributed by atoms with van der Waals surface area (Å²) < 4.78 is 13.1. The van der Waals surface area contributed by atoms with E-state index in [1.54, 1.807) is 18.0 Å². The molecule has 1 fully saturated rings. The number of carbonyl (C=O) groups is 1. The molecule has 3 aromatic carbocycles. The Labute approximate surface area is 245 Å². The summed E-state index contributed by atoms with van der Waals surface area (Å²) in [5, 5.41) is 16.1. The predicted molar refractivity (Wildman–Crippen MR) is 161 cm³/mol. The molecule has 0 radical (unpaired) electrons. The number of nitrogens with zero attached hydrogens (tertiary/aromatic N) is 1. The maximum absolute atomic E-state index is 11.8. The third-order valence-corrected chi connectivity index (χ3v) is 7.96. The second kappa shape index (κ2) is 14.3. The third kappa shape index (κ3) is 7.95. The normalized spacial score (nSPS) is 18.5. The number of nitrogens with one attached hydrogen (secondary N) is 2. The van der Waals surface area contributed by atoms with Crippen LogP contribution in [0.1, 0.15) is 48.0 Å². The summed E-state index contributed by atoms with van der Waals surface area (Å²) in [4.78, 5) is 16.3. The zero-order chi connectivity index (χ0) is 28.4. The first-order valence-corrected chi connectivity index (χ1v) is 14.8. The molecule has 7 nitrogen and oxygen atoms in total. The molecule has 3 N–H and O–H groups in total. The lowest BCUT2D eigenvalue weighted by Crippen LogP contribution is -2.34. The lowest BCUT2D eigenvalue weighted by Gasteiger charge is -2.36. The Balaban J connectivity index is 1.35. The van der Waals surface area contributed by atoms with E-state index in [9.17, 15) is 9.90 Å². The Hall–Kier alpha value is -3.69. The Morgan fingerprint density at radius 3 is 2.46 bits per heavy atom. The molecule has 2 heterocycles. The lowest BCUT2D eigenvalue weighted by atomic mass is 9.99. The summed E-state index contributed by atoms with van der Waals surface area (Å²) in [6.07, 6.45) is 1.79. The molecule has 1 saturated heterocycles. The Morgan fingerprint density at radius 1 is 0.902 bits per heavy atom. The van der Waals surface area contributed by atoms with Gasteiger partial charge in [-0.2, -0.15) is 0 Å². The molecule has 0 bridgehead atoms. The zero-order valence-electron chi connectivity index (χ0n) is 23.0. The van der Waals surface area contributed by atoms with Gasteiger partial charge in [0.1, 0.15) is 0 Å². The zero-order valence-corrected chi connectivity index (χ0v) is 23.8. The van der Waals surface area contributed by atoms with Gasteiger partial charge in [-0.25, -0.2) is 9.78 Å². The molecule has 0 aliphatic carbocycles. The second-order valence-electron chi connectivity index (χ2n) is 9.87. The molecule has 1 aliphatic heterocycles. The lowest BCUT2D eigenvalue weighted by molar-refractivity contribution is -0.245. The third-order valence-electron chi connectivity index (χ3n) is 6.88. The predicted octanol–water partition coefficient (Wildman–Crippen LogP) is 6.40. The van der Waals surface area contributed by atoms with E-state index in [1.165, 1.54) is 0 Å². The molecule has 0 unspecified atom stereocenters. The summed E-state index contributed by atoms with van der Waals surface area (Å²) in [6, 6.07) is 30.1. The summed E-state index contributed by atoms with van der Waals surface area (Å²) in [6.45, 7) is 2.93. The Morgan fingerprint density at radius 2 is 1.71 bits per heavy atom. The van der Waals surface area contributed by atoms with Crippen molar-refractivity contribution in [2.45, 2.75) is 50.0 Å². The minimum atomic E-state index is -0.539. The molecular formula is C33H35N3O4S. The van der Waals surface area contributed by atoms with Crippen molar-refractivity contribution in [3.05, 3.63) is 119 Å². The number of ether oxygens (including phenoxy) is 2. The van der Waals surface area contributed by atoms with Gasteiger partial charge in [-0.1, -0.05) is 66.7 Å². The SMILES string of the molecule is CCNC(=O)NCc1cccc(-c2cccc([C@@H]3O[C@H](CSc4ccccn4)C[C@H](c4ccc(CO)cc4)O3)c2)c1. The molecule has 1 aromatic heterocycles. The van der Waals surface area contributed by atoms with Crippen LogP contribution >= 0.6 is 11.8 Å². The van der Waals surface area contributed by atoms with E-state index < -0.39 is 6.29 Å². The quantitative estimate of drug-likeness (QED) is 0.192. The van der Waals surface area contributed by atoms with Gasteiger partial charge in [0.25, 0.3) is 0 Å². The highest BCUT2D eigenvalue weighted by Gasteiger charge is 2.32. The van der Waals surface area contributed by atoms with Crippen molar-refractivity contribution in [1.82, 2.24) is 15.6 Å². The summed E-state index contributed by atoms with van der Waals surface area (Å²) in [5.74, 6) is 0.752. The highest BCUT2D eigenvalue weighted by molar-refractivity contribution is 7.99.